The summed E-state index contributed by atoms with van der Waals surface area (Å²) >= 11 is 0. The molecule has 10 N–H and O–H groups in total. The van der Waals surface area contributed by atoms with Crippen LogP contribution in [0.3, 0.4) is 0 Å². The highest BCUT2D eigenvalue weighted by Gasteiger charge is 2.50. The molecule has 1 aromatic heterocycles. The van der Waals surface area contributed by atoms with E-state index in [0.29, 0.717) is 5.75 Å². The third kappa shape index (κ3) is 8.48. The lowest BCUT2D eigenvalue weighted by atomic mass is 9.98. The van der Waals surface area contributed by atoms with Crippen LogP contribution < -0.4 is 19.6 Å². The smallest absolute Gasteiger partial charge is 0.239 e. The highest BCUT2D eigenvalue weighted by molar-refractivity contribution is 5.91. The maximum Gasteiger partial charge on any atom is 0.239 e. The highest BCUT2D eigenvalue weighted by Crippen LogP contribution is 2.42. The van der Waals surface area contributed by atoms with Crippen molar-refractivity contribution in [3.8, 4) is 34.3 Å². The first kappa shape index (κ1) is 42.7. The van der Waals surface area contributed by atoms with E-state index in [2.05, 4.69) is 0 Å². The number of benzene rings is 2. The lowest BCUT2D eigenvalue weighted by molar-refractivity contribution is -0.341. The molecule has 0 bridgehead atoms. The van der Waals surface area contributed by atoms with Crippen LogP contribution >= 0.6 is 0 Å². The molecule has 3 saturated heterocycles. The molecule has 4 heterocycles. The van der Waals surface area contributed by atoms with Gasteiger partial charge in [0, 0.05) is 17.2 Å². The first-order valence-electron chi connectivity index (χ1n) is 18.2. The lowest BCUT2D eigenvalue weighted by Gasteiger charge is -2.44. The van der Waals surface area contributed by atoms with E-state index in [4.69, 9.17) is 37.6 Å². The SMILES string of the molecule is COc1ccc(-c2oc3c(CC=C(C)C)c(O[C@H]4O[C@@H](CO)[C@H](O)[C@@H](O)[C@@H]4O)cc(O)c3c(=O)c2O[C@@H]2O[C@H](C)[C@@H](O)[C@H](O)[C@@H]2O[C@H]2OC[C@H](O)[C@@H](O)[C@@H]2O)cc1. The molecule has 0 amide bonds. The Balaban J connectivity index is 1.50. The molecule has 19 heteroatoms. The van der Waals surface area contributed by atoms with Crippen LogP contribution in [0.4, 0.5) is 0 Å². The fraction of sp³-hybridized carbons (Fsp3) is 0.553. The maximum atomic E-state index is 14.7. The number of phenols is 1. The second-order valence-corrected chi connectivity index (χ2v) is 14.4. The number of phenolic OH excluding ortho intramolecular Hbond substituents is 1. The zero-order valence-corrected chi connectivity index (χ0v) is 31.3. The zero-order valence-electron chi connectivity index (χ0n) is 31.3. The van der Waals surface area contributed by atoms with Gasteiger partial charge in [-0.3, -0.25) is 4.79 Å². The van der Waals surface area contributed by atoms with Crippen LogP contribution in [-0.4, -0.2) is 157 Å². The first-order chi connectivity index (χ1) is 27.1. The number of methoxy groups -OCH3 is 1. The van der Waals surface area contributed by atoms with Crippen LogP contribution in [0.5, 0.6) is 23.0 Å². The number of allylic oxidation sites excluding steroid dienone is 2. The molecule has 3 aliphatic rings. The Bertz CT molecular complexity index is 1940. The normalized spacial score (nSPS) is 34.5. The van der Waals surface area contributed by atoms with Gasteiger partial charge in [-0.25, -0.2) is 0 Å². The fourth-order valence-electron chi connectivity index (χ4n) is 6.71. The van der Waals surface area contributed by atoms with Crippen molar-refractivity contribution in [3.63, 3.8) is 0 Å². The van der Waals surface area contributed by atoms with Crippen molar-refractivity contribution in [1.29, 1.82) is 0 Å². The molecule has 0 saturated carbocycles. The van der Waals surface area contributed by atoms with Gasteiger partial charge >= 0.3 is 0 Å². The molecule has 0 spiro atoms. The zero-order chi connectivity index (χ0) is 41.5. The third-order valence-electron chi connectivity index (χ3n) is 10.1. The molecule has 6 rings (SSSR count). The number of hydrogen-bond donors (Lipinski definition) is 10. The van der Waals surface area contributed by atoms with Crippen LogP contribution in [0.1, 0.15) is 26.3 Å². The Hall–Kier alpha value is -3.93. The van der Waals surface area contributed by atoms with Gasteiger partial charge in [-0.15, -0.1) is 0 Å². The first-order valence-corrected chi connectivity index (χ1v) is 18.2. The van der Waals surface area contributed by atoms with Crippen molar-refractivity contribution < 1.29 is 88.6 Å². The highest BCUT2D eigenvalue weighted by atomic mass is 16.8. The van der Waals surface area contributed by atoms with Crippen LogP contribution in [0.2, 0.25) is 0 Å². The summed E-state index contributed by atoms with van der Waals surface area (Å²) in [4.78, 5) is 14.7. The van der Waals surface area contributed by atoms with E-state index >= 15 is 0 Å². The van der Waals surface area contributed by atoms with Crippen molar-refractivity contribution >= 4 is 11.0 Å². The monoisotopic (exact) mass is 808 g/mol. The van der Waals surface area contributed by atoms with Crippen molar-refractivity contribution in [2.45, 2.75) is 113 Å². The Labute approximate surface area is 325 Å². The van der Waals surface area contributed by atoms with E-state index in [1.807, 2.05) is 0 Å². The Morgan fingerprint density at radius 3 is 2.18 bits per heavy atom. The minimum absolute atomic E-state index is 0.0184. The number of aliphatic hydroxyl groups is 9. The molecule has 0 unspecified atom stereocenters. The van der Waals surface area contributed by atoms with Gasteiger partial charge in [0.1, 0.15) is 83.2 Å². The Morgan fingerprint density at radius 1 is 0.842 bits per heavy atom. The molecule has 3 fully saturated rings. The molecule has 3 aliphatic heterocycles. The average Bonchev–Trinajstić information content (AvgIpc) is 3.19. The van der Waals surface area contributed by atoms with Gasteiger partial charge in [-0.1, -0.05) is 11.6 Å². The Morgan fingerprint density at radius 2 is 1.53 bits per heavy atom. The van der Waals surface area contributed by atoms with E-state index in [-0.39, 0.29) is 34.6 Å². The molecular weight excluding hydrogens is 760 g/mol. The van der Waals surface area contributed by atoms with E-state index in [1.165, 1.54) is 26.2 Å². The number of aliphatic hydroxyl groups excluding tert-OH is 9. The molecule has 14 atom stereocenters. The number of ether oxygens (including phenoxy) is 7. The van der Waals surface area contributed by atoms with E-state index in [1.54, 1.807) is 32.1 Å². The summed E-state index contributed by atoms with van der Waals surface area (Å²) in [5.41, 5.74) is 0.0639. The molecule has 3 aromatic rings. The molecular formula is C38H48O19. The predicted octanol–water partition coefficient (Wildman–Crippen LogP) is -1.47. The summed E-state index contributed by atoms with van der Waals surface area (Å²) in [5, 5.41) is 105. The van der Waals surface area contributed by atoms with Gasteiger partial charge in [-0.2, -0.15) is 0 Å². The standard InChI is InChI=1S/C38H48O19/c1-14(2)5-10-18-21(53-37-31(49)28(46)26(44)22(12-39)54-37)11-19(40)23-27(45)34(32(55-33(18)23)16-6-8-17(50-4)9-7-16)56-38-35(29(47)24(42)15(3)52-38)57-36-30(48)25(43)20(41)13-51-36/h5-9,11,15,20,22,24-26,28-31,35-44,46-49H,10,12-13H2,1-4H3/t15-,20+,22+,24-,25-,26+,28-,29+,30+,31+,35+,36-,37+,38+/m1/s1. The fourth-order valence-corrected chi connectivity index (χ4v) is 6.71. The molecule has 0 aliphatic carbocycles. The summed E-state index contributed by atoms with van der Waals surface area (Å²) in [6, 6.07) is 7.26. The third-order valence-corrected chi connectivity index (χ3v) is 10.1. The predicted molar refractivity (Wildman–Crippen MR) is 193 cm³/mol. The largest absolute Gasteiger partial charge is 0.507 e. The number of rotatable bonds is 11. The van der Waals surface area contributed by atoms with Crippen molar-refractivity contribution in [1.82, 2.24) is 0 Å². The van der Waals surface area contributed by atoms with Gasteiger partial charge < -0.3 is 88.6 Å². The second kappa shape index (κ2) is 17.5. The van der Waals surface area contributed by atoms with Gasteiger partial charge in [0.25, 0.3) is 0 Å². The summed E-state index contributed by atoms with van der Waals surface area (Å²) in [5.74, 6) is -1.21. The second-order valence-electron chi connectivity index (χ2n) is 14.4. The molecule has 0 radical (unpaired) electrons. The topological polar surface area (TPSA) is 297 Å². The Kier molecular flexibility index (Phi) is 13.1. The average molecular weight is 809 g/mol. The van der Waals surface area contributed by atoms with E-state index in [9.17, 15) is 55.9 Å². The van der Waals surface area contributed by atoms with Gasteiger partial charge in [0.05, 0.1) is 26.4 Å². The minimum atomic E-state index is -1.81. The number of fused-ring (bicyclic) bond motifs is 1. The van der Waals surface area contributed by atoms with E-state index in [0.717, 1.165) is 11.6 Å². The minimum Gasteiger partial charge on any atom is -0.507 e. The quantitative estimate of drug-likeness (QED) is 0.0990. The van der Waals surface area contributed by atoms with Crippen molar-refractivity contribution in [3.05, 3.63) is 57.8 Å². The van der Waals surface area contributed by atoms with Crippen LogP contribution in [0.15, 0.2) is 51.2 Å². The maximum absolute atomic E-state index is 14.7. The van der Waals surface area contributed by atoms with Crippen molar-refractivity contribution in [2.24, 2.45) is 0 Å². The van der Waals surface area contributed by atoms with E-state index < -0.39 is 122 Å². The van der Waals surface area contributed by atoms with Gasteiger partial charge in [-0.05, 0) is 51.5 Å². The van der Waals surface area contributed by atoms with Gasteiger partial charge in [0.2, 0.25) is 23.8 Å². The number of aromatic hydroxyl groups is 1. The molecule has 314 valence electrons. The summed E-state index contributed by atoms with van der Waals surface area (Å²) < 4.78 is 46.5. The number of hydrogen-bond acceptors (Lipinski definition) is 19. The summed E-state index contributed by atoms with van der Waals surface area (Å²) in [6.07, 6.45) is -21.0. The van der Waals surface area contributed by atoms with Crippen LogP contribution in [0, 0.1) is 0 Å². The molecule has 19 nitrogen and oxygen atoms in total. The summed E-state index contributed by atoms with van der Waals surface area (Å²) in [6.45, 7) is 3.84. The lowest BCUT2D eigenvalue weighted by Crippen LogP contribution is -2.62. The van der Waals surface area contributed by atoms with Gasteiger partial charge in [0.15, 0.2) is 18.2 Å². The summed E-state index contributed by atoms with van der Waals surface area (Å²) in [7, 11) is 1.45. The van der Waals surface area contributed by atoms with Crippen LogP contribution in [0.25, 0.3) is 22.3 Å². The van der Waals surface area contributed by atoms with Crippen molar-refractivity contribution in [2.75, 3.05) is 20.3 Å². The molecule has 2 aromatic carbocycles. The van der Waals surface area contributed by atoms with Crippen LogP contribution in [-0.2, 0) is 25.4 Å². The molecule has 57 heavy (non-hydrogen) atoms.